The normalized spacial score (nSPS) is 10.8. The summed E-state index contributed by atoms with van der Waals surface area (Å²) in [5.74, 6) is 0.112. The number of hydrogen-bond donors (Lipinski definition) is 3. The number of methoxy groups -OCH3 is 2. The summed E-state index contributed by atoms with van der Waals surface area (Å²) < 4.78 is 13.4. The largest absolute Gasteiger partial charge is 0.465 e. The zero-order chi connectivity index (χ0) is 59.7. The third kappa shape index (κ3) is 14.0. The molecular weight excluding hydrogens is 1170 g/mol. The molecule has 0 aliphatic rings. The summed E-state index contributed by atoms with van der Waals surface area (Å²) in [6.45, 7) is 5.37. The van der Waals surface area contributed by atoms with Gasteiger partial charge in [-0.25, -0.2) is 29.5 Å². The maximum atomic E-state index is 13.2. The fourth-order valence-electron chi connectivity index (χ4n) is 9.73. The molecule has 0 unspecified atom stereocenters. The van der Waals surface area contributed by atoms with Gasteiger partial charge in [-0.05, 0) is 139 Å². The van der Waals surface area contributed by atoms with Gasteiger partial charge in [0.2, 0.25) is 0 Å². The maximum Gasteiger partial charge on any atom is 0.340 e. The molecule has 0 spiro atoms. The van der Waals surface area contributed by atoms with Gasteiger partial charge in [-0.3, -0.25) is 19.7 Å². The van der Waals surface area contributed by atoms with Crippen LogP contribution in [0.5, 0.6) is 0 Å². The lowest BCUT2D eigenvalue weighted by Crippen LogP contribution is -2.24. The van der Waals surface area contributed by atoms with E-state index >= 15 is 0 Å². The van der Waals surface area contributed by atoms with Crippen molar-refractivity contribution in [3.8, 4) is 0 Å². The minimum absolute atomic E-state index is 0. The van der Waals surface area contributed by atoms with Crippen LogP contribution >= 0.6 is 46.4 Å². The van der Waals surface area contributed by atoms with Gasteiger partial charge in [-0.15, -0.1) is 11.6 Å². The molecule has 0 saturated carbocycles. The molecule has 0 aliphatic heterocycles. The van der Waals surface area contributed by atoms with Gasteiger partial charge < -0.3 is 34.6 Å². The Balaban J connectivity index is 0.000000148. The number of alkyl halides is 1. The predicted molar refractivity (Wildman–Crippen MR) is 342 cm³/mol. The van der Waals surface area contributed by atoms with E-state index in [-0.39, 0.29) is 25.3 Å². The number of nitrogen functional groups attached to an aromatic ring is 1. The number of pyridine rings is 7. The van der Waals surface area contributed by atoms with Crippen LogP contribution < -0.4 is 11.1 Å². The SMILES string of the molecule is C.COC(=O)c1c[nH]c2ncccc12.COC(=O)c1cn(Cc2ccc3ncc(Cl)cc3c2)c2ncccc12.Cc1cc(N)nc(C)c1CNC(=O)c1cn(Cc2ccc3ncc(Cl)cc3c2)c2ncccc12.ClCc1ccc2ncc(Cl)cc2c1. The third-order valence-corrected chi connectivity index (χ3v) is 14.7. The van der Waals surface area contributed by atoms with Crippen molar-refractivity contribution < 1.29 is 23.9 Å². The minimum Gasteiger partial charge on any atom is -0.465 e. The molecule has 17 nitrogen and oxygen atoms in total. The highest BCUT2D eigenvalue weighted by Gasteiger charge is 2.19. The van der Waals surface area contributed by atoms with Gasteiger partial charge in [0.15, 0.2) is 0 Å². The van der Waals surface area contributed by atoms with Gasteiger partial charge in [0.1, 0.15) is 22.8 Å². The number of carbonyl (C=O) groups excluding carboxylic acids is 3. The van der Waals surface area contributed by atoms with Gasteiger partial charge in [0.25, 0.3) is 5.91 Å². The molecule has 4 N–H and O–H groups in total. The second kappa shape index (κ2) is 27.5. The second-order valence-electron chi connectivity index (χ2n) is 19.5. The van der Waals surface area contributed by atoms with Crippen LogP contribution in [-0.2, 0) is 35.0 Å². The number of esters is 2. The topological polar surface area (TPSA) is 224 Å². The number of ether oxygens (including phenoxy) is 2. The van der Waals surface area contributed by atoms with E-state index in [0.717, 1.165) is 93.7 Å². The summed E-state index contributed by atoms with van der Waals surface area (Å²) in [5.41, 5.74) is 18.3. The van der Waals surface area contributed by atoms with Crippen molar-refractivity contribution in [1.29, 1.82) is 0 Å². The number of anilines is 1. The molecule has 0 fully saturated rings. The smallest absolute Gasteiger partial charge is 0.340 e. The Hall–Kier alpha value is -9.52. The van der Waals surface area contributed by atoms with Gasteiger partial charge in [0.05, 0.1) is 62.5 Å². The number of H-pyrrole nitrogens is 1. The Morgan fingerprint density at radius 1 is 0.581 bits per heavy atom. The lowest BCUT2D eigenvalue weighted by atomic mass is 10.1. The Labute approximate surface area is 514 Å². The molecule has 21 heteroatoms. The van der Waals surface area contributed by atoms with Crippen molar-refractivity contribution in [2.45, 2.75) is 46.8 Å². The lowest BCUT2D eigenvalue weighted by molar-refractivity contribution is 0.0594. The number of nitrogens with two attached hydrogens (primary N) is 1. The number of halogens is 4. The van der Waals surface area contributed by atoms with Crippen molar-refractivity contribution in [2.75, 3.05) is 20.0 Å². The molecule has 0 aliphatic carbocycles. The first-order valence-corrected chi connectivity index (χ1v) is 28.0. The summed E-state index contributed by atoms with van der Waals surface area (Å²) in [7, 11) is 2.74. The highest BCUT2D eigenvalue weighted by molar-refractivity contribution is 6.31. The molecule has 0 saturated heterocycles. The molecule has 434 valence electrons. The van der Waals surface area contributed by atoms with Crippen LogP contribution in [0, 0.1) is 13.8 Å². The van der Waals surface area contributed by atoms with E-state index in [1.165, 1.54) is 14.2 Å². The molecule has 0 bridgehead atoms. The zero-order valence-corrected chi connectivity index (χ0v) is 49.2. The van der Waals surface area contributed by atoms with Crippen molar-refractivity contribution in [1.82, 2.24) is 54.3 Å². The second-order valence-corrected chi connectivity index (χ2v) is 21.0. The Kier molecular flexibility index (Phi) is 19.5. The Morgan fingerprint density at radius 3 is 1.56 bits per heavy atom. The molecule has 0 atom stereocenters. The Bertz CT molecular complexity index is 4620. The van der Waals surface area contributed by atoms with Crippen LogP contribution in [-0.4, -0.2) is 81.1 Å². The average Bonchev–Trinajstić information content (AvgIpc) is 3.15. The van der Waals surface area contributed by atoms with Gasteiger partial charge in [-0.2, -0.15) is 0 Å². The van der Waals surface area contributed by atoms with Crippen molar-refractivity contribution in [2.24, 2.45) is 0 Å². The first-order valence-electron chi connectivity index (χ1n) is 26.3. The zero-order valence-electron chi connectivity index (χ0n) is 46.1. The summed E-state index contributed by atoms with van der Waals surface area (Å²) in [6.07, 6.45) is 15.3. The monoisotopic (exact) mass is 1220 g/mol. The van der Waals surface area contributed by atoms with Crippen LogP contribution in [0.15, 0.2) is 171 Å². The molecule has 10 aromatic heterocycles. The van der Waals surface area contributed by atoms with Gasteiger partial charge >= 0.3 is 11.9 Å². The van der Waals surface area contributed by atoms with E-state index in [9.17, 15) is 14.4 Å². The number of carbonyl (C=O) groups is 3. The number of amides is 1. The van der Waals surface area contributed by atoms with Gasteiger partial charge in [0, 0.05) is 119 Å². The highest BCUT2D eigenvalue weighted by Crippen LogP contribution is 2.27. The van der Waals surface area contributed by atoms with E-state index in [0.29, 0.717) is 68.7 Å². The van der Waals surface area contributed by atoms with E-state index in [1.807, 2.05) is 132 Å². The number of aryl methyl sites for hydroxylation is 2. The van der Waals surface area contributed by atoms with E-state index in [1.54, 1.807) is 55.6 Å². The molecule has 0 radical (unpaired) electrons. The van der Waals surface area contributed by atoms with Crippen molar-refractivity contribution >= 4 is 136 Å². The standard InChI is InChI=1S/C26H23ClN6O.C19H14ClN3O2.C10H7Cl2N.C9H8N2O2.CH4/c1-15-8-24(28)32-16(2)21(15)12-31-26(34)22-14-33(25-20(22)4-3-7-29-25)13-17-5-6-23-18(9-17)10-19(27)11-30-23;1-25-19(24)16-11-23(18-15(16)3-2-6-21-18)10-12-4-5-17-13(7-12)8-14(20)9-22-17;11-5-7-1-2-10-8(3-7)4-9(12)6-13-10;1-13-9(12)7-5-11-8-6(7)3-2-4-10-8;/h3-11,14H,12-13H2,1-2H3,(H2,28,32)(H,31,34);2-9,11H,10H2,1H3;1-4,6H,5H2;2-5H,1H3,(H,10,11);1H4. The first kappa shape index (κ1) is 61.1. The number of rotatable bonds is 10. The summed E-state index contributed by atoms with van der Waals surface area (Å²) in [6, 6.07) is 36.5. The van der Waals surface area contributed by atoms with Crippen LogP contribution in [0.1, 0.15) is 72.0 Å². The number of fused-ring (bicyclic) bond motifs is 6. The Morgan fingerprint density at radius 2 is 1.05 bits per heavy atom. The predicted octanol–water partition coefficient (Wildman–Crippen LogP) is 14.5. The van der Waals surface area contributed by atoms with Crippen LogP contribution in [0.3, 0.4) is 0 Å². The fourth-order valence-corrected chi connectivity index (χ4v) is 10.4. The number of benzene rings is 3. The van der Waals surface area contributed by atoms with Gasteiger partial charge in [-0.1, -0.05) is 60.4 Å². The number of hydrogen-bond acceptors (Lipinski definition) is 13. The van der Waals surface area contributed by atoms with Crippen LogP contribution in [0.2, 0.25) is 15.1 Å². The number of nitrogens with one attached hydrogen (secondary N) is 2. The minimum atomic E-state index is -0.369. The summed E-state index contributed by atoms with van der Waals surface area (Å²) >= 11 is 23.7. The van der Waals surface area contributed by atoms with Crippen molar-refractivity contribution in [3.05, 3.63) is 236 Å². The molecule has 3 aromatic carbocycles. The average molecular weight is 1230 g/mol. The molecular formula is C65H56Cl4N12O5. The van der Waals surface area contributed by atoms with Crippen molar-refractivity contribution in [3.63, 3.8) is 0 Å². The van der Waals surface area contributed by atoms with Crippen LogP contribution in [0.4, 0.5) is 5.82 Å². The molecule has 86 heavy (non-hydrogen) atoms. The molecule has 10 heterocycles. The highest BCUT2D eigenvalue weighted by atomic mass is 35.5. The fraction of sp³-hybridized carbons (Fsp3) is 0.138. The first-order chi connectivity index (χ1) is 41.2. The summed E-state index contributed by atoms with van der Waals surface area (Å²) in [5, 5.41) is 10.2. The number of nitrogens with zero attached hydrogens (tertiary/aromatic N) is 9. The quantitative estimate of drug-likeness (QED) is 0.0857. The number of aromatic amines is 1. The van der Waals surface area contributed by atoms with E-state index < -0.39 is 0 Å². The lowest BCUT2D eigenvalue weighted by Gasteiger charge is -2.11. The molecule has 13 aromatic rings. The number of aromatic nitrogens is 10. The summed E-state index contributed by atoms with van der Waals surface area (Å²) in [4.78, 5) is 69.5. The van der Waals surface area contributed by atoms with Crippen LogP contribution in [0.25, 0.3) is 65.8 Å². The molecule has 13 rings (SSSR count). The third-order valence-electron chi connectivity index (χ3n) is 13.8. The van der Waals surface area contributed by atoms with E-state index in [4.69, 9.17) is 56.9 Å². The van der Waals surface area contributed by atoms with E-state index in [2.05, 4.69) is 56.0 Å². The molecule has 1 amide bonds. The maximum absolute atomic E-state index is 13.2.